The highest BCUT2D eigenvalue weighted by atomic mass is 16.2. The van der Waals surface area contributed by atoms with Crippen molar-refractivity contribution in [2.45, 2.75) is 58.9 Å². The van der Waals surface area contributed by atoms with E-state index in [1.165, 1.54) is 16.9 Å². The molecule has 1 saturated carbocycles. The highest BCUT2D eigenvalue weighted by Crippen LogP contribution is 2.45. The maximum Gasteiger partial charge on any atom is 0.236 e. The number of amides is 2. The molecule has 112 valence electrons. The first-order valence-electron chi connectivity index (χ1n) is 7.93. The average molecular weight is 285 g/mol. The fourth-order valence-electron chi connectivity index (χ4n) is 3.78. The summed E-state index contributed by atoms with van der Waals surface area (Å²) in [7, 11) is 0. The molecular weight excluding hydrogens is 262 g/mol. The number of hydrogen-bond acceptors (Lipinski definition) is 2. The number of hydrogen-bond donors (Lipinski definition) is 0. The van der Waals surface area contributed by atoms with Gasteiger partial charge in [-0.1, -0.05) is 43.0 Å². The molecular formula is C18H23NO2. The summed E-state index contributed by atoms with van der Waals surface area (Å²) in [5, 5.41) is 0. The largest absolute Gasteiger partial charge is 0.278 e. The van der Waals surface area contributed by atoms with Crippen molar-refractivity contribution in [3.05, 3.63) is 34.9 Å². The van der Waals surface area contributed by atoms with E-state index >= 15 is 0 Å². The van der Waals surface area contributed by atoms with Crippen molar-refractivity contribution >= 4 is 11.8 Å². The van der Waals surface area contributed by atoms with Crippen molar-refractivity contribution in [1.29, 1.82) is 0 Å². The summed E-state index contributed by atoms with van der Waals surface area (Å²) in [5.74, 6) is 0.0934. The molecule has 0 atom stereocenters. The van der Waals surface area contributed by atoms with Gasteiger partial charge in [-0.15, -0.1) is 0 Å². The van der Waals surface area contributed by atoms with Gasteiger partial charge in [0.05, 0.1) is 12.0 Å². The maximum atomic E-state index is 12.8. The van der Waals surface area contributed by atoms with Gasteiger partial charge in [0.1, 0.15) is 0 Å². The number of benzene rings is 1. The Labute approximate surface area is 126 Å². The van der Waals surface area contributed by atoms with Crippen LogP contribution in [0.4, 0.5) is 0 Å². The second-order valence-corrected chi connectivity index (χ2v) is 6.73. The lowest BCUT2D eigenvalue weighted by Gasteiger charge is -2.30. The SMILES string of the molecule is Cc1ccc(C)c(CN2C(=O)CC3(CCCCC3)C2=O)c1. The molecule has 2 aliphatic rings. The molecule has 0 bridgehead atoms. The number of imide groups is 1. The third kappa shape index (κ3) is 2.50. The molecule has 3 rings (SSSR count). The van der Waals surface area contributed by atoms with Gasteiger partial charge in [0, 0.05) is 6.42 Å². The minimum absolute atomic E-state index is 0.0165. The third-order valence-corrected chi connectivity index (χ3v) is 5.13. The predicted octanol–water partition coefficient (Wildman–Crippen LogP) is 3.51. The summed E-state index contributed by atoms with van der Waals surface area (Å²) in [6.45, 7) is 4.52. The summed E-state index contributed by atoms with van der Waals surface area (Å²) in [5.41, 5.74) is 3.03. The Kier molecular flexibility index (Phi) is 3.60. The first-order chi connectivity index (χ1) is 10.0. The van der Waals surface area contributed by atoms with Crippen molar-refractivity contribution in [1.82, 2.24) is 4.90 Å². The van der Waals surface area contributed by atoms with Crippen LogP contribution in [0.1, 0.15) is 55.2 Å². The van der Waals surface area contributed by atoms with E-state index < -0.39 is 0 Å². The quantitative estimate of drug-likeness (QED) is 0.780. The number of carbonyl (C=O) groups excluding carboxylic acids is 2. The molecule has 0 N–H and O–H groups in total. The molecule has 2 amide bonds. The monoisotopic (exact) mass is 285 g/mol. The van der Waals surface area contributed by atoms with Gasteiger partial charge >= 0.3 is 0 Å². The van der Waals surface area contributed by atoms with Gasteiger partial charge in [-0.25, -0.2) is 0 Å². The molecule has 0 radical (unpaired) electrons. The van der Waals surface area contributed by atoms with E-state index in [0.29, 0.717) is 13.0 Å². The Hall–Kier alpha value is -1.64. The third-order valence-electron chi connectivity index (χ3n) is 5.13. The smallest absolute Gasteiger partial charge is 0.236 e. The normalized spacial score (nSPS) is 21.3. The highest BCUT2D eigenvalue weighted by Gasteiger charge is 2.51. The van der Waals surface area contributed by atoms with Crippen LogP contribution in [0.5, 0.6) is 0 Å². The van der Waals surface area contributed by atoms with Crippen LogP contribution in [-0.2, 0) is 16.1 Å². The Morgan fingerprint density at radius 3 is 2.52 bits per heavy atom. The number of rotatable bonds is 2. The van der Waals surface area contributed by atoms with Crippen LogP contribution < -0.4 is 0 Å². The highest BCUT2D eigenvalue weighted by molar-refractivity contribution is 6.05. The molecule has 0 aromatic heterocycles. The molecule has 3 nitrogen and oxygen atoms in total. The first-order valence-corrected chi connectivity index (χ1v) is 7.93. The van der Waals surface area contributed by atoms with Gasteiger partial charge in [0.2, 0.25) is 11.8 Å². The van der Waals surface area contributed by atoms with Gasteiger partial charge < -0.3 is 0 Å². The minimum atomic E-state index is -0.368. The van der Waals surface area contributed by atoms with Crippen molar-refractivity contribution in [3.63, 3.8) is 0 Å². The van der Waals surface area contributed by atoms with Gasteiger partial charge in [-0.3, -0.25) is 14.5 Å². The predicted molar refractivity (Wildman–Crippen MR) is 81.6 cm³/mol. The van der Waals surface area contributed by atoms with E-state index in [2.05, 4.69) is 18.2 Å². The van der Waals surface area contributed by atoms with E-state index in [0.717, 1.165) is 36.8 Å². The first kappa shape index (κ1) is 14.3. The second-order valence-electron chi connectivity index (χ2n) is 6.73. The molecule has 1 spiro atoms. The van der Waals surface area contributed by atoms with E-state index in [1.807, 2.05) is 13.8 Å². The van der Waals surface area contributed by atoms with E-state index in [4.69, 9.17) is 0 Å². The van der Waals surface area contributed by atoms with Crippen LogP contribution in [0.25, 0.3) is 0 Å². The van der Waals surface area contributed by atoms with Gasteiger partial charge in [-0.2, -0.15) is 0 Å². The van der Waals surface area contributed by atoms with E-state index in [-0.39, 0.29) is 17.2 Å². The topological polar surface area (TPSA) is 37.4 Å². The van der Waals surface area contributed by atoms with Crippen LogP contribution in [0.15, 0.2) is 18.2 Å². The van der Waals surface area contributed by atoms with Crippen molar-refractivity contribution < 1.29 is 9.59 Å². The molecule has 21 heavy (non-hydrogen) atoms. The lowest BCUT2D eigenvalue weighted by molar-refractivity contribution is -0.142. The van der Waals surface area contributed by atoms with Crippen LogP contribution in [-0.4, -0.2) is 16.7 Å². The number of nitrogens with zero attached hydrogens (tertiary/aromatic N) is 1. The minimum Gasteiger partial charge on any atom is -0.278 e. The summed E-state index contributed by atoms with van der Waals surface area (Å²) >= 11 is 0. The van der Waals surface area contributed by atoms with Crippen LogP contribution in [0.3, 0.4) is 0 Å². The summed E-state index contributed by atoms with van der Waals surface area (Å²) in [4.78, 5) is 26.7. The molecule has 3 heteroatoms. The van der Waals surface area contributed by atoms with Crippen LogP contribution in [0.2, 0.25) is 0 Å². The molecule has 1 aromatic rings. The fraction of sp³-hybridized carbons (Fsp3) is 0.556. The average Bonchev–Trinajstić information content (AvgIpc) is 2.68. The maximum absolute atomic E-state index is 12.8. The zero-order chi connectivity index (χ0) is 15.0. The fourth-order valence-corrected chi connectivity index (χ4v) is 3.78. The molecule has 1 saturated heterocycles. The summed E-state index contributed by atoms with van der Waals surface area (Å²) in [6.07, 6.45) is 5.56. The van der Waals surface area contributed by atoms with Crippen molar-refractivity contribution in [2.75, 3.05) is 0 Å². The lowest BCUT2D eigenvalue weighted by atomic mass is 9.73. The molecule has 1 aliphatic carbocycles. The second kappa shape index (κ2) is 5.28. The van der Waals surface area contributed by atoms with Crippen molar-refractivity contribution in [2.24, 2.45) is 5.41 Å². The number of aryl methyl sites for hydroxylation is 2. The summed E-state index contributed by atoms with van der Waals surface area (Å²) < 4.78 is 0. The summed E-state index contributed by atoms with van der Waals surface area (Å²) in [6, 6.07) is 6.21. The van der Waals surface area contributed by atoms with Crippen molar-refractivity contribution in [3.8, 4) is 0 Å². The van der Waals surface area contributed by atoms with Crippen LogP contribution >= 0.6 is 0 Å². The van der Waals surface area contributed by atoms with Crippen LogP contribution in [0, 0.1) is 19.3 Å². The van der Waals surface area contributed by atoms with Gasteiger partial charge in [-0.05, 0) is 37.8 Å². The Balaban J connectivity index is 1.84. The Morgan fingerprint density at radius 1 is 1.10 bits per heavy atom. The standard InChI is InChI=1S/C18H23NO2/c1-13-6-7-14(2)15(10-13)12-19-16(20)11-18(17(19)21)8-4-3-5-9-18/h6-7,10H,3-5,8-9,11-12H2,1-2H3. The Morgan fingerprint density at radius 2 is 1.81 bits per heavy atom. The molecule has 1 heterocycles. The molecule has 1 aromatic carbocycles. The van der Waals surface area contributed by atoms with Gasteiger partial charge in [0.25, 0.3) is 0 Å². The van der Waals surface area contributed by atoms with E-state index in [1.54, 1.807) is 0 Å². The zero-order valence-electron chi connectivity index (χ0n) is 12.9. The molecule has 2 fully saturated rings. The van der Waals surface area contributed by atoms with Gasteiger partial charge in [0.15, 0.2) is 0 Å². The number of carbonyl (C=O) groups is 2. The molecule has 0 unspecified atom stereocenters. The Bertz CT molecular complexity index is 585. The zero-order valence-corrected chi connectivity index (χ0v) is 12.9. The number of likely N-dealkylation sites (tertiary alicyclic amines) is 1. The molecule has 1 aliphatic heterocycles. The lowest BCUT2D eigenvalue weighted by Crippen LogP contribution is -2.36. The van der Waals surface area contributed by atoms with E-state index in [9.17, 15) is 9.59 Å².